The van der Waals surface area contributed by atoms with Gasteiger partial charge in [0.2, 0.25) is 0 Å². The van der Waals surface area contributed by atoms with Crippen molar-refractivity contribution >= 4 is 0 Å². The zero-order valence-corrected chi connectivity index (χ0v) is 11.4. The maximum absolute atomic E-state index is 4.45. The van der Waals surface area contributed by atoms with Gasteiger partial charge in [-0.25, -0.2) is 9.97 Å². The molecule has 2 bridgehead atoms. The normalized spacial score (nSPS) is 31.8. The van der Waals surface area contributed by atoms with Crippen molar-refractivity contribution in [3.8, 4) is 0 Å². The fraction of sp³-hybridized carbons (Fsp3) is 0.733. The summed E-state index contributed by atoms with van der Waals surface area (Å²) in [5.74, 6) is 3.78. The lowest BCUT2D eigenvalue weighted by Crippen LogP contribution is -2.36. The van der Waals surface area contributed by atoms with Gasteiger partial charge < -0.3 is 5.32 Å². The van der Waals surface area contributed by atoms with Crippen LogP contribution in [-0.2, 0) is 6.54 Å². The summed E-state index contributed by atoms with van der Waals surface area (Å²) >= 11 is 0. The Hall–Kier alpha value is -0.960. The number of aryl methyl sites for hydroxylation is 1. The Bertz CT molecular complexity index is 418. The fourth-order valence-corrected chi connectivity index (χ4v) is 3.93. The highest BCUT2D eigenvalue weighted by molar-refractivity contribution is 5.02. The van der Waals surface area contributed by atoms with E-state index >= 15 is 0 Å². The van der Waals surface area contributed by atoms with Crippen LogP contribution in [0, 0.1) is 24.7 Å². The molecular weight excluding hydrogens is 222 g/mol. The quantitative estimate of drug-likeness (QED) is 0.886. The van der Waals surface area contributed by atoms with E-state index in [4.69, 9.17) is 0 Å². The first-order valence-electron chi connectivity index (χ1n) is 7.24. The number of fused-ring (bicyclic) bond motifs is 2. The molecule has 1 aromatic heterocycles. The predicted octanol–water partition coefficient (Wildman–Crippen LogP) is 2.70. The van der Waals surface area contributed by atoms with E-state index in [9.17, 15) is 0 Å². The molecule has 0 radical (unpaired) electrons. The molecule has 0 saturated heterocycles. The van der Waals surface area contributed by atoms with Crippen molar-refractivity contribution in [1.82, 2.24) is 15.3 Å². The van der Waals surface area contributed by atoms with Gasteiger partial charge in [0.15, 0.2) is 0 Å². The Kier molecular flexibility index (Phi) is 3.33. The highest BCUT2D eigenvalue weighted by atomic mass is 15.0. The van der Waals surface area contributed by atoms with Crippen molar-refractivity contribution in [1.29, 1.82) is 0 Å². The molecule has 3 nitrogen and oxygen atoms in total. The predicted molar refractivity (Wildman–Crippen MR) is 72.0 cm³/mol. The second kappa shape index (κ2) is 4.96. The van der Waals surface area contributed by atoms with Gasteiger partial charge in [0.1, 0.15) is 5.82 Å². The molecule has 0 spiro atoms. The summed E-state index contributed by atoms with van der Waals surface area (Å²) in [7, 11) is 0. The molecule has 0 aromatic carbocycles. The van der Waals surface area contributed by atoms with E-state index in [2.05, 4.69) is 22.2 Å². The highest BCUT2D eigenvalue weighted by Gasteiger charge is 2.41. The minimum Gasteiger partial charge on any atom is -0.308 e. The van der Waals surface area contributed by atoms with Crippen LogP contribution in [0.3, 0.4) is 0 Å². The topological polar surface area (TPSA) is 37.8 Å². The molecule has 4 unspecified atom stereocenters. The lowest BCUT2D eigenvalue weighted by atomic mass is 9.84. The van der Waals surface area contributed by atoms with Crippen LogP contribution in [0.2, 0.25) is 0 Å². The van der Waals surface area contributed by atoms with Crippen molar-refractivity contribution in [3.05, 3.63) is 23.8 Å². The second-order valence-electron chi connectivity index (χ2n) is 6.10. The smallest absolute Gasteiger partial charge is 0.125 e. The van der Waals surface area contributed by atoms with Gasteiger partial charge in [0, 0.05) is 18.8 Å². The lowest BCUT2D eigenvalue weighted by Gasteiger charge is -2.28. The molecule has 98 valence electrons. The van der Waals surface area contributed by atoms with Gasteiger partial charge in [-0.15, -0.1) is 0 Å². The van der Waals surface area contributed by atoms with Gasteiger partial charge in [0.25, 0.3) is 0 Å². The number of hydrogen-bond donors (Lipinski definition) is 1. The van der Waals surface area contributed by atoms with E-state index in [1.807, 2.05) is 19.2 Å². The average Bonchev–Trinajstić information content (AvgIpc) is 2.98. The van der Waals surface area contributed by atoms with Crippen LogP contribution in [-0.4, -0.2) is 16.0 Å². The molecule has 2 saturated carbocycles. The molecule has 0 amide bonds. The monoisotopic (exact) mass is 245 g/mol. The standard InChI is InChI=1S/C15H23N3/c1-10(15-8-12-3-4-13(15)7-12)17-9-14-5-6-16-11(2)18-14/h5-6,10,12-13,15,17H,3-4,7-9H2,1-2H3. The molecular formula is C15H23N3. The third-order valence-corrected chi connectivity index (χ3v) is 4.87. The molecule has 1 heterocycles. The zero-order valence-electron chi connectivity index (χ0n) is 11.4. The van der Waals surface area contributed by atoms with E-state index in [0.29, 0.717) is 6.04 Å². The van der Waals surface area contributed by atoms with Crippen molar-refractivity contribution in [2.24, 2.45) is 17.8 Å². The average molecular weight is 245 g/mol. The fourth-order valence-electron chi connectivity index (χ4n) is 3.93. The first-order chi connectivity index (χ1) is 8.72. The van der Waals surface area contributed by atoms with Crippen LogP contribution >= 0.6 is 0 Å². The Labute approximate surface area is 109 Å². The summed E-state index contributed by atoms with van der Waals surface area (Å²) in [5.41, 5.74) is 1.11. The molecule has 2 aliphatic rings. The summed E-state index contributed by atoms with van der Waals surface area (Å²) in [5, 5.41) is 3.66. The number of nitrogens with one attached hydrogen (secondary N) is 1. The number of aromatic nitrogens is 2. The minimum absolute atomic E-state index is 0.621. The van der Waals surface area contributed by atoms with E-state index in [1.165, 1.54) is 25.7 Å². The second-order valence-corrected chi connectivity index (χ2v) is 6.10. The summed E-state index contributed by atoms with van der Waals surface area (Å²) < 4.78 is 0. The Morgan fingerprint density at radius 1 is 1.39 bits per heavy atom. The Morgan fingerprint density at radius 3 is 2.94 bits per heavy atom. The first-order valence-corrected chi connectivity index (χ1v) is 7.24. The summed E-state index contributed by atoms with van der Waals surface area (Å²) in [6, 6.07) is 2.63. The summed E-state index contributed by atoms with van der Waals surface area (Å²) in [4.78, 5) is 8.58. The molecule has 2 aliphatic carbocycles. The molecule has 3 heteroatoms. The lowest BCUT2D eigenvalue weighted by molar-refractivity contribution is 0.259. The number of nitrogens with zero attached hydrogens (tertiary/aromatic N) is 2. The van der Waals surface area contributed by atoms with Gasteiger partial charge in [0.05, 0.1) is 5.69 Å². The van der Waals surface area contributed by atoms with E-state index < -0.39 is 0 Å². The molecule has 18 heavy (non-hydrogen) atoms. The third kappa shape index (κ3) is 2.41. The first kappa shape index (κ1) is 12.1. The summed E-state index contributed by atoms with van der Waals surface area (Å²) in [6.45, 7) is 5.17. The molecule has 2 fully saturated rings. The molecule has 4 atom stereocenters. The van der Waals surface area contributed by atoms with Crippen LogP contribution in [0.25, 0.3) is 0 Å². The van der Waals surface area contributed by atoms with Crippen LogP contribution in [0.15, 0.2) is 12.3 Å². The van der Waals surface area contributed by atoms with Crippen molar-refractivity contribution < 1.29 is 0 Å². The van der Waals surface area contributed by atoms with E-state index in [-0.39, 0.29) is 0 Å². The Morgan fingerprint density at radius 2 is 2.28 bits per heavy atom. The van der Waals surface area contributed by atoms with Gasteiger partial charge in [-0.2, -0.15) is 0 Å². The van der Waals surface area contributed by atoms with Crippen molar-refractivity contribution in [3.63, 3.8) is 0 Å². The maximum Gasteiger partial charge on any atom is 0.125 e. The van der Waals surface area contributed by atoms with Crippen LogP contribution in [0.4, 0.5) is 0 Å². The van der Waals surface area contributed by atoms with Gasteiger partial charge in [-0.05, 0) is 56.9 Å². The van der Waals surface area contributed by atoms with E-state index in [0.717, 1.165) is 35.8 Å². The molecule has 0 aliphatic heterocycles. The van der Waals surface area contributed by atoms with Crippen molar-refractivity contribution in [2.75, 3.05) is 0 Å². The SMILES string of the molecule is Cc1nccc(CNC(C)C2CC3CCC2C3)n1. The van der Waals surface area contributed by atoms with Gasteiger partial charge in [-0.3, -0.25) is 0 Å². The summed E-state index contributed by atoms with van der Waals surface area (Å²) in [6.07, 6.45) is 7.74. The van der Waals surface area contributed by atoms with Gasteiger partial charge >= 0.3 is 0 Å². The van der Waals surface area contributed by atoms with E-state index in [1.54, 1.807) is 0 Å². The molecule has 1 N–H and O–H groups in total. The number of hydrogen-bond acceptors (Lipinski definition) is 3. The zero-order chi connectivity index (χ0) is 12.5. The number of rotatable bonds is 4. The third-order valence-electron chi connectivity index (χ3n) is 4.87. The van der Waals surface area contributed by atoms with Crippen LogP contribution < -0.4 is 5.32 Å². The van der Waals surface area contributed by atoms with Crippen molar-refractivity contribution in [2.45, 2.75) is 52.1 Å². The largest absolute Gasteiger partial charge is 0.308 e. The molecule has 3 rings (SSSR count). The highest BCUT2D eigenvalue weighted by Crippen LogP contribution is 2.49. The molecule has 1 aromatic rings. The maximum atomic E-state index is 4.45. The van der Waals surface area contributed by atoms with Crippen LogP contribution in [0.5, 0.6) is 0 Å². The Balaban J connectivity index is 1.54. The van der Waals surface area contributed by atoms with Gasteiger partial charge in [-0.1, -0.05) is 6.42 Å². The van der Waals surface area contributed by atoms with Crippen LogP contribution in [0.1, 0.15) is 44.1 Å². The minimum atomic E-state index is 0.621.